The fourth-order valence-electron chi connectivity index (χ4n) is 2.42. The van der Waals surface area contributed by atoms with Gasteiger partial charge in [0, 0.05) is 28.8 Å². The Bertz CT molecular complexity index is 872. The monoisotopic (exact) mass is 352 g/mol. The highest BCUT2D eigenvalue weighted by atomic mass is 35.5. The Morgan fingerprint density at radius 2 is 1.52 bits per heavy atom. The van der Waals surface area contributed by atoms with E-state index >= 15 is 0 Å². The molecule has 3 rings (SSSR count). The van der Waals surface area contributed by atoms with Crippen molar-refractivity contribution in [3.05, 3.63) is 76.6 Å². The molecule has 5 nitrogen and oxygen atoms in total. The van der Waals surface area contributed by atoms with Crippen LogP contribution in [0.25, 0.3) is 0 Å². The highest BCUT2D eigenvalue weighted by molar-refractivity contribution is 6.30. The molecule has 0 aliphatic rings. The number of carbonyl (C=O) groups excluding carboxylic acids is 1. The Morgan fingerprint density at radius 3 is 2.12 bits per heavy atom. The maximum Gasteiger partial charge on any atom is 0.258 e. The van der Waals surface area contributed by atoms with Crippen molar-refractivity contribution in [1.82, 2.24) is 9.97 Å². The third-order valence-electron chi connectivity index (χ3n) is 3.49. The maximum atomic E-state index is 12.2. The normalized spacial score (nSPS) is 10.4. The van der Waals surface area contributed by atoms with Crippen LogP contribution in [0.1, 0.15) is 21.5 Å². The van der Waals surface area contributed by atoms with Gasteiger partial charge in [-0.05, 0) is 61.4 Å². The Balaban J connectivity index is 1.68. The molecule has 0 bridgehead atoms. The van der Waals surface area contributed by atoms with Gasteiger partial charge < -0.3 is 10.6 Å². The molecule has 0 aliphatic heterocycles. The average molecular weight is 353 g/mol. The van der Waals surface area contributed by atoms with Gasteiger partial charge in [0.05, 0.1) is 5.56 Å². The SMILES string of the molecule is Cc1cc(C)cc(Nc2ncc(C(=O)Nc3ccc(Cl)cc3)cn2)c1. The highest BCUT2D eigenvalue weighted by Crippen LogP contribution is 2.18. The van der Waals surface area contributed by atoms with Crippen molar-refractivity contribution in [2.45, 2.75) is 13.8 Å². The third kappa shape index (κ3) is 4.55. The second-order valence-electron chi connectivity index (χ2n) is 5.76. The molecule has 0 fully saturated rings. The van der Waals surface area contributed by atoms with E-state index in [2.05, 4.69) is 26.7 Å². The summed E-state index contributed by atoms with van der Waals surface area (Å²) in [6, 6.07) is 13.0. The van der Waals surface area contributed by atoms with Gasteiger partial charge in [-0.25, -0.2) is 9.97 Å². The fourth-order valence-corrected chi connectivity index (χ4v) is 2.55. The first kappa shape index (κ1) is 16.9. The molecule has 0 aliphatic carbocycles. The average Bonchev–Trinajstić information content (AvgIpc) is 2.56. The molecule has 0 atom stereocenters. The number of halogens is 1. The third-order valence-corrected chi connectivity index (χ3v) is 3.75. The van der Waals surface area contributed by atoms with Crippen LogP contribution in [-0.4, -0.2) is 15.9 Å². The summed E-state index contributed by atoms with van der Waals surface area (Å²) in [6.45, 7) is 4.06. The zero-order chi connectivity index (χ0) is 17.8. The van der Waals surface area contributed by atoms with Crippen molar-refractivity contribution in [1.29, 1.82) is 0 Å². The predicted molar refractivity (Wildman–Crippen MR) is 101 cm³/mol. The van der Waals surface area contributed by atoms with Crippen LogP contribution < -0.4 is 10.6 Å². The van der Waals surface area contributed by atoms with Gasteiger partial charge in [0.25, 0.3) is 5.91 Å². The van der Waals surface area contributed by atoms with E-state index in [-0.39, 0.29) is 5.91 Å². The number of amides is 1. The van der Waals surface area contributed by atoms with E-state index in [0.29, 0.717) is 22.2 Å². The molecule has 3 aromatic rings. The predicted octanol–water partition coefficient (Wildman–Crippen LogP) is 4.74. The Hall–Kier alpha value is -2.92. The Labute approximate surface area is 151 Å². The van der Waals surface area contributed by atoms with Crippen LogP contribution >= 0.6 is 11.6 Å². The molecule has 6 heteroatoms. The summed E-state index contributed by atoms with van der Waals surface area (Å²) >= 11 is 5.83. The van der Waals surface area contributed by atoms with Crippen molar-refractivity contribution in [3.63, 3.8) is 0 Å². The minimum Gasteiger partial charge on any atom is -0.324 e. The number of aromatic nitrogens is 2. The van der Waals surface area contributed by atoms with E-state index in [4.69, 9.17) is 11.6 Å². The molecule has 2 N–H and O–H groups in total. The van der Waals surface area contributed by atoms with Crippen molar-refractivity contribution in [2.75, 3.05) is 10.6 Å². The summed E-state index contributed by atoms with van der Waals surface area (Å²) < 4.78 is 0. The molecular weight excluding hydrogens is 336 g/mol. The lowest BCUT2D eigenvalue weighted by atomic mass is 10.1. The highest BCUT2D eigenvalue weighted by Gasteiger charge is 2.08. The quantitative estimate of drug-likeness (QED) is 0.711. The lowest BCUT2D eigenvalue weighted by Crippen LogP contribution is -2.13. The van der Waals surface area contributed by atoms with Crippen LogP contribution in [0, 0.1) is 13.8 Å². The summed E-state index contributed by atoms with van der Waals surface area (Å²) in [5.74, 6) is 0.160. The minimum absolute atomic E-state index is 0.278. The number of nitrogens with one attached hydrogen (secondary N) is 2. The molecule has 25 heavy (non-hydrogen) atoms. The van der Waals surface area contributed by atoms with Crippen LogP contribution in [0.4, 0.5) is 17.3 Å². The molecule has 1 aromatic heterocycles. The Morgan fingerprint density at radius 1 is 0.920 bits per heavy atom. The van der Waals surface area contributed by atoms with Crippen molar-refractivity contribution in [3.8, 4) is 0 Å². The first-order valence-electron chi connectivity index (χ1n) is 7.74. The topological polar surface area (TPSA) is 66.9 Å². The summed E-state index contributed by atoms with van der Waals surface area (Å²) in [5, 5.41) is 6.52. The van der Waals surface area contributed by atoms with Gasteiger partial charge in [0.1, 0.15) is 0 Å². The molecule has 2 aromatic carbocycles. The molecule has 0 radical (unpaired) electrons. The smallest absolute Gasteiger partial charge is 0.258 e. The molecule has 0 unspecified atom stereocenters. The molecular formula is C19H17ClN4O. The summed E-state index contributed by atoms with van der Waals surface area (Å²) in [6.07, 6.45) is 2.98. The van der Waals surface area contributed by atoms with Crippen LogP contribution in [0.15, 0.2) is 54.9 Å². The first-order chi connectivity index (χ1) is 12.0. The summed E-state index contributed by atoms with van der Waals surface area (Å²) in [5.41, 5.74) is 4.26. The zero-order valence-electron chi connectivity index (χ0n) is 13.9. The van der Waals surface area contributed by atoms with E-state index < -0.39 is 0 Å². The number of benzene rings is 2. The number of nitrogens with zero attached hydrogens (tertiary/aromatic N) is 2. The van der Waals surface area contributed by atoms with E-state index in [1.807, 2.05) is 26.0 Å². The number of hydrogen-bond donors (Lipinski definition) is 2. The van der Waals surface area contributed by atoms with Gasteiger partial charge in [-0.3, -0.25) is 4.79 Å². The van der Waals surface area contributed by atoms with E-state index in [0.717, 1.165) is 16.8 Å². The van der Waals surface area contributed by atoms with Crippen molar-refractivity contribution in [2.24, 2.45) is 0 Å². The molecule has 126 valence electrons. The number of hydrogen-bond acceptors (Lipinski definition) is 4. The molecule has 1 heterocycles. The van der Waals surface area contributed by atoms with E-state index in [9.17, 15) is 4.79 Å². The van der Waals surface area contributed by atoms with Crippen molar-refractivity contribution < 1.29 is 4.79 Å². The number of anilines is 3. The summed E-state index contributed by atoms with van der Waals surface area (Å²) in [7, 11) is 0. The molecule has 1 amide bonds. The first-order valence-corrected chi connectivity index (χ1v) is 8.12. The largest absolute Gasteiger partial charge is 0.324 e. The second-order valence-corrected chi connectivity index (χ2v) is 6.19. The minimum atomic E-state index is -0.278. The lowest BCUT2D eigenvalue weighted by molar-refractivity contribution is 0.102. The lowest BCUT2D eigenvalue weighted by Gasteiger charge is -2.08. The van der Waals surface area contributed by atoms with E-state index in [1.54, 1.807) is 24.3 Å². The zero-order valence-corrected chi connectivity index (χ0v) is 14.6. The molecule has 0 spiro atoms. The number of carbonyl (C=O) groups is 1. The second kappa shape index (κ2) is 7.32. The van der Waals surface area contributed by atoms with Gasteiger partial charge in [0.2, 0.25) is 5.95 Å². The fraction of sp³-hybridized carbons (Fsp3) is 0.105. The van der Waals surface area contributed by atoms with Gasteiger partial charge in [-0.15, -0.1) is 0 Å². The van der Waals surface area contributed by atoms with E-state index in [1.165, 1.54) is 12.4 Å². The van der Waals surface area contributed by atoms with Gasteiger partial charge >= 0.3 is 0 Å². The standard InChI is InChI=1S/C19H17ClN4O/c1-12-7-13(2)9-17(8-12)24-19-21-10-14(11-22-19)18(25)23-16-5-3-15(20)4-6-16/h3-11H,1-2H3,(H,23,25)(H,21,22,24). The molecule has 0 saturated carbocycles. The molecule has 0 saturated heterocycles. The van der Waals surface area contributed by atoms with Crippen molar-refractivity contribution >= 4 is 34.8 Å². The summed E-state index contributed by atoms with van der Waals surface area (Å²) in [4.78, 5) is 20.6. The maximum absolute atomic E-state index is 12.2. The van der Waals surface area contributed by atoms with Gasteiger partial charge in [-0.2, -0.15) is 0 Å². The Kier molecular flexibility index (Phi) is 4.95. The number of rotatable bonds is 4. The van der Waals surface area contributed by atoms with Crippen LogP contribution in [0.5, 0.6) is 0 Å². The van der Waals surface area contributed by atoms with Crippen LogP contribution in [0.3, 0.4) is 0 Å². The van der Waals surface area contributed by atoms with Gasteiger partial charge in [0.15, 0.2) is 0 Å². The van der Waals surface area contributed by atoms with Crippen LogP contribution in [-0.2, 0) is 0 Å². The van der Waals surface area contributed by atoms with Gasteiger partial charge in [-0.1, -0.05) is 17.7 Å². The number of aryl methyl sites for hydroxylation is 2. The van der Waals surface area contributed by atoms with Crippen LogP contribution in [0.2, 0.25) is 5.02 Å².